The second kappa shape index (κ2) is 6.81. The molecule has 128 valence electrons. The monoisotopic (exact) mass is 336 g/mol. The topological polar surface area (TPSA) is 53.5 Å². The third-order valence-electron chi connectivity index (χ3n) is 4.01. The Morgan fingerprint density at radius 3 is 2.16 bits per heavy atom. The number of nitrogens with zero attached hydrogens (tertiary/aromatic N) is 2. The SMILES string of the molecule is C=C(c1cc(OC)c(OC)c(OC)c1)c1nc(C)nc2ccccc12. The van der Waals surface area contributed by atoms with Crippen molar-refractivity contribution in [2.45, 2.75) is 6.92 Å². The van der Waals surface area contributed by atoms with E-state index in [9.17, 15) is 0 Å². The third kappa shape index (κ3) is 3.01. The molecule has 2 aromatic carbocycles. The van der Waals surface area contributed by atoms with Crippen molar-refractivity contribution in [1.29, 1.82) is 0 Å². The van der Waals surface area contributed by atoms with Crippen molar-refractivity contribution in [2.75, 3.05) is 21.3 Å². The number of ether oxygens (including phenoxy) is 3. The third-order valence-corrected chi connectivity index (χ3v) is 4.01. The van der Waals surface area contributed by atoms with Gasteiger partial charge in [-0.05, 0) is 30.7 Å². The Bertz CT molecular complexity index is 926. The number of aromatic nitrogens is 2. The normalized spacial score (nSPS) is 10.6. The van der Waals surface area contributed by atoms with Crippen molar-refractivity contribution in [2.24, 2.45) is 0 Å². The zero-order chi connectivity index (χ0) is 18.0. The number of hydrogen-bond acceptors (Lipinski definition) is 5. The number of rotatable bonds is 5. The molecule has 5 heteroatoms. The minimum Gasteiger partial charge on any atom is -0.493 e. The first kappa shape index (κ1) is 16.8. The molecule has 3 aromatic rings. The van der Waals surface area contributed by atoms with Gasteiger partial charge in [0.2, 0.25) is 5.75 Å². The first-order chi connectivity index (χ1) is 12.1. The molecule has 0 aliphatic heterocycles. The van der Waals surface area contributed by atoms with E-state index in [0.717, 1.165) is 27.7 Å². The summed E-state index contributed by atoms with van der Waals surface area (Å²) < 4.78 is 16.3. The van der Waals surface area contributed by atoms with Crippen LogP contribution in [0.1, 0.15) is 17.1 Å². The highest BCUT2D eigenvalue weighted by Gasteiger charge is 2.17. The molecular formula is C20H20N2O3. The predicted octanol–water partition coefficient (Wildman–Crippen LogP) is 4.03. The van der Waals surface area contributed by atoms with Gasteiger partial charge in [-0.2, -0.15) is 0 Å². The molecular weight excluding hydrogens is 316 g/mol. The summed E-state index contributed by atoms with van der Waals surface area (Å²) in [6.45, 7) is 6.12. The number of fused-ring (bicyclic) bond motifs is 1. The van der Waals surface area contributed by atoms with E-state index < -0.39 is 0 Å². The van der Waals surface area contributed by atoms with Crippen LogP contribution in [0.3, 0.4) is 0 Å². The van der Waals surface area contributed by atoms with Crippen molar-refractivity contribution in [3.05, 3.63) is 60.1 Å². The average Bonchev–Trinajstić information content (AvgIpc) is 2.65. The zero-order valence-electron chi connectivity index (χ0n) is 14.8. The van der Waals surface area contributed by atoms with Crippen LogP contribution in [0.5, 0.6) is 17.2 Å². The molecule has 0 saturated carbocycles. The summed E-state index contributed by atoms with van der Waals surface area (Å²) in [6.07, 6.45) is 0. The lowest BCUT2D eigenvalue weighted by atomic mass is 9.99. The Kier molecular flexibility index (Phi) is 4.57. The smallest absolute Gasteiger partial charge is 0.203 e. The quantitative estimate of drug-likeness (QED) is 0.704. The molecule has 0 fully saturated rings. The van der Waals surface area contributed by atoms with Crippen LogP contribution < -0.4 is 14.2 Å². The molecule has 0 bridgehead atoms. The first-order valence-electron chi connectivity index (χ1n) is 7.82. The molecule has 3 rings (SSSR count). The van der Waals surface area contributed by atoms with E-state index in [1.165, 1.54) is 0 Å². The summed E-state index contributed by atoms with van der Waals surface area (Å²) in [5.41, 5.74) is 3.29. The molecule has 0 radical (unpaired) electrons. The van der Waals surface area contributed by atoms with Gasteiger partial charge in [-0.15, -0.1) is 0 Å². The van der Waals surface area contributed by atoms with Crippen molar-refractivity contribution in [3.8, 4) is 17.2 Å². The Morgan fingerprint density at radius 2 is 1.56 bits per heavy atom. The van der Waals surface area contributed by atoms with E-state index in [2.05, 4.69) is 16.5 Å². The summed E-state index contributed by atoms with van der Waals surface area (Å²) in [7, 11) is 4.76. The van der Waals surface area contributed by atoms with Gasteiger partial charge in [-0.1, -0.05) is 24.8 Å². The fraction of sp³-hybridized carbons (Fsp3) is 0.200. The highest BCUT2D eigenvalue weighted by atomic mass is 16.5. The Morgan fingerprint density at radius 1 is 0.920 bits per heavy atom. The van der Waals surface area contributed by atoms with Gasteiger partial charge in [0.1, 0.15) is 5.82 Å². The molecule has 25 heavy (non-hydrogen) atoms. The van der Waals surface area contributed by atoms with Crippen LogP contribution in [0.4, 0.5) is 0 Å². The van der Waals surface area contributed by atoms with Crippen LogP contribution in [0.15, 0.2) is 43.0 Å². The van der Waals surface area contributed by atoms with E-state index in [0.29, 0.717) is 23.1 Å². The van der Waals surface area contributed by atoms with Crippen LogP contribution in [-0.2, 0) is 0 Å². The first-order valence-corrected chi connectivity index (χ1v) is 7.82. The number of para-hydroxylation sites is 1. The predicted molar refractivity (Wildman–Crippen MR) is 98.5 cm³/mol. The number of methoxy groups -OCH3 is 3. The second-order valence-corrected chi connectivity index (χ2v) is 5.53. The highest BCUT2D eigenvalue weighted by Crippen LogP contribution is 2.41. The number of hydrogen-bond donors (Lipinski definition) is 0. The number of aryl methyl sites for hydroxylation is 1. The van der Waals surface area contributed by atoms with E-state index in [4.69, 9.17) is 14.2 Å². The van der Waals surface area contributed by atoms with Gasteiger partial charge in [-0.25, -0.2) is 9.97 Å². The van der Waals surface area contributed by atoms with Crippen LogP contribution in [0, 0.1) is 6.92 Å². The second-order valence-electron chi connectivity index (χ2n) is 5.53. The van der Waals surface area contributed by atoms with Crippen molar-refractivity contribution in [3.63, 3.8) is 0 Å². The Hall–Kier alpha value is -3.08. The van der Waals surface area contributed by atoms with Gasteiger partial charge >= 0.3 is 0 Å². The average molecular weight is 336 g/mol. The van der Waals surface area contributed by atoms with Gasteiger partial charge in [-0.3, -0.25) is 0 Å². The van der Waals surface area contributed by atoms with Gasteiger partial charge in [0, 0.05) is 11.0 Å². The maximum absolute atomic E-state index is 5.44. The van der Waals surface area contributed by atoms with Gasteiger partial charge in [0.15, 0.2) is 11.5 Å². The molecule has 0 spiro atoms. The van der Waals surface area contributed by atoms with E-state index >= 15 is 0 Å². The van der Waals surface area contributed by atoms with Crippen molar-refractivity contribution < 1.29 is 14.2 Å². The molecule has 1 aromatic heterocycles. The maximum atomic E-state index is 5.44. The zero-order valence-corrected chi connectivity index (χ0v) is 14.8. The summed E-state index contributed by atoms with van der Waals surface area (Å²) in [4.78, 5) is 9.09. The highest BCUT2D eigenvalue weighted by molar-refractivity contribution is 5.94. The molecule has 0 unspecified atom stereocenters. The van der Waals surface area contributed by atoms with Crippen LogP contribution in [0.2, 0.25) is 0 Å². The molecule has 5 nitrogen and oxygen atoms in total. The largest absolute Gasteiger partial charge is 0.493 e. The van der Waals surface area contributed by atoms with Crippen LogP contribution in [-0.4, -0.2) is 31.3 Å². The van der Waals surface area contributed by atoms with E-state index in [1.807, 2.05) is 43.3 Å². The van der Waals surface area contributed by atoms with Crippen molar-refractivity contribution in [1.82, 2.24) is 9.97 Å². The van der Waals surface area contributed by atoms with Crippen LogP contribution >= 0.6 is 0 Å². The molecule has 0 aliphatic rings. The van der Waals surface area contributed by atoms with Crippen molar-refractivity contribution >= 4 is 16.5 Å². The molecule has 0 N–H and O–H groups in total. The molecule has 0 atom stereocenters. The van der Waals surface area contributed by atoms with Gasteiger partial charge in [0.25, 0.3) is 0 Å². The molecule has 1 heterocycles. The minimum absolute atomic E-state index is 0.547. The summed E-state index contributed by atoms with van der Waals surface area (Å²) in [5, 5.41) is 0.951. The Balaban J connectivity index is 2.19. The van der Waals surface area contributed by atoms with Gasteiger partial charge in [0.05, 0.1) is 32.5 Å². The van der Waals surface area contributed by atoms with E-state index in [1.54, 1.807) is 21.3 Å². The molecule has 0 saturated heterocycles. The maximum Gasteiger partial charge on any atom is 0.203 e. The van der Waals surface area contributed by atoms with Crippen LogP contribution in [0.25, 0.3) is 16.5 Å². The Labute approximate surface area is 146 Å². The fourth-order valence-corrected chi connectivity index (χ4v) is 2.81. The summed E-state index contributed by atoms with van der Waals surface area (Å²) in [6, 6.07) is 11.6. The lowest BCUT2D eigenvalue weighted by Gasteiger charge is -2.16. The van der Waals surface area contributed by atoms with E-state index in [-0.39, 0.29) is 0 Å². The summed E-state index contributed by atoms with van der Waals surface area (Å²) >= 11 is 0. The minimum atomic E-state index is 0.547. The van der Waals surface area contributed by atoms with Gasteiger partial charge < -0.3 is 14.2 Å². The fourth-order valence-electron chi connectivity index (χ4n) is 2.81. The molecule has 0 amide bonds. The lowest BCUT2D eigenvalue weighted by Crippen LogP contribution is -2.00. The lowest BCUT2D eigenvalue weighted by molar-refractivity contribution is 0.324. The number of benzene rings is 2. The summed E-state index contributed by atoms with van der Waals surface area (Å²) in [5.74, 6) is 2.40. The standard InChI is InChI=1S/C20H20N2O3/c1-12(14-10-17(23-3)20(25-5)18(11-14)24-4)19-15-8-6-7-9-16(15)21-13(2)22-19/h6-11H,1H2,2-5H3. The molecule has 0 aliphatic carbocycles.